The summed E-state index contributed by atoms with van der Waals surface area (Å²) in [6.07, 6.45) is 2.35. The quantitative estimate of drug-likeness (QED) is 0.409. The number of carbonyl (C=O) groups is 3. The zero-order valence-corrected chi connectivity index (χ0v) is 23.1. The van der Waals surface area contributed by atoms with Gasteiger partial charge in [0.05, 0.1) is 12.6 Å². The number of hydrogen-bond acceptors (Lipinski definition) is 4. The highest BCUT2D eigenvalue weighted by Gasteiger charge is 2.50. The van der Waals surface area contributed by atoms with Crippen molar-refractivity contribution in [3.63, 3.8) is 0 Å². The van der Waals surface area contributed by atoms with Gasteiger partial charge in [-0.15, -0.1) is 0 Å². The van der Waals surface area contributed by atoms with Crippen LogP contribution in [-0.2, 0) is 11.2 Å². The number of hydrogen-bond donors (Lipinski definition) is 3. The minimum Gasteiger partial charge on any atom is -0.339 e. The van der Waals surface area contributed by atoms with E-state index >= 15 is 0 Å². The molecule has 1 saturated heterocycles. The monoisotopic (exact) mass is 572 g/mol. The van der Waals surface area contributed by atoms with E-state index in [1.807, 2.05) is 25.2 Å². The van der Waals surface area contributed by atoms with Gasteiger partial charge in [-0.1, -0.05) is 6.07 Å². The van der Waals surface area contributed by atoms with Gasteiger partial charge in [0, 0.05) is 17.9 Å². The fraction of sp³-hybridized carbons (Fsp3) is 0.586. The lowest BCUT2D eigenvalue weighted by Crippen LogP contribution is -2.50. The fourth-order valence-corrected chi connectivity index (χ4v) is 6.58. The van der Waals surface area contributed by atoms with Crippen molar-refractivity contribution < 1.29 is 27.6 Å². The summed E-state index contributed by atoms with van der Waals surface area (Å²) >= 11 is 0. The van der Waals surface area contributed by atoms with Crippen LogP contribution in [0.3, 0.4) is 0 Å². The molecule has 9 nitrogen and oxygen atoms in total. The van der Waals surface area contributed by atoms with Crippen LogP contribution in [0.1, 0.15) is 79.7 Å². The Morgan fingerprint density at radius 2 is 1.78 bits per heavy atom. The third-order valence-corrected chi connectivity index (χ3v) is 8.84. The second-order valence-electron chi connectivity index (χ2n) is 12.1. The molecule has 1 aromatic heterocycles. The van der Waals surface area contributed by atoms with Gasteiger partial charge >= 0.3 is 12.2 Å². The number of aromatic nitrogens is 2. The summed E-state index contributed by atoms with van der Waals surface area (Å²) in [7, 11) is 0. The summed E-state index contributed by atoms with van der Waals surface area (Å²) in [5.41, 5.74) is 2.65. The highest BCUT2D eigenvalue weighted by molar-refractivity contribution is 6.01. The van der Waals surface area contributed by atoms with Crippen LogP contribution in [0.4, 0.5) is 23.7 Å². The Hall–Kier alpha value is -3.57. The van der Waals surface area contributed by atoms with Crippen LogP contribution < -0.4 is 16.0 Å². The summed E-state index contributed by atoms with van der Waals surface area (Å²) < 4.78 is 41.2. The van der Waals surface area contributed by atoms with Gasteiger partial charge in [0.15, 0.2) is 0 Å². The minimum atomic E-state index is -4.50. The molecule has 3 N–H and O–H groups in total. The molecule has 0 unspecified atom stereocenters. The number of aryl methyl sites for hydroxylation is 1. The second kappa shape index (κ2) is 10.4. The Labute approximate surface area is 236 Å². The van der Waals surface area contributed by atoms with Gasteiger partial charge in [-0.3, -0.25) is 14.3 Å². The molecular formula is C29H35F3N6O3. The minimum absolute atomic E-state index is 0.0121. The van der Waals surface area contributed by atoms with Crippen LogP contribution >= 0.6 is 0 Å². The zero-order valence-electron chi connectivity index (χ0n) is 23.1. The summed E-state index contributed by atoms with van der Waals surface area (Å²) in [5, 5.41) is 12.3. The molecule has 3 aliphatic carbocycles. The molecule has 0 radical (unpaired) electrons. The van der Waals surface area contributed by atoms with Crippen LogP contribution in [0.25, 0.3) is 0 Å². The van der Waals surface area contributed by atoms with Crippen molar-refractivity contribution in [1.29, 1.82) is 0 Å². The number of nitrogens with one attached hydrogen (secondary N) is 3. The third-order valence-electron chi connectivity index (χ3n) is 8.84. The third kappa shape index (κ3) is 5.52. The van der Waals surface area contributed by atoms with E-state index in [1.165, 1.54) is 4.90 Å². The first kappa shape index (κ1) is 27.6. The molecule has 4 aliphatic rings. The SMILES string of the molecule is CC(C)n1nccc1C(=O)N[C@H](C(=O)Nc1ccc2c(c1)CC[C@@H]2N1C[C@@H](C(F)(F)F)NC1=O)C(C1CC1)C1CC1. The van der Waals surface area contributed by atoms with Gasteiger partial charge in [0.25, 0.3) is 5.91 Å². The van der Waals surface area contributed by atoms with Crippen LogP contribution in [-0.4, -0.2) is 57.3 Å². The van der Waals surface area contributed by atoms with E-state index in [1.54, 1.807) is 29.1 Å². The molecule has 3 fully saturated rings. The normalized spacial score (nSPS) is 23.1. The van der Waals surface area contributed by atoms with Gasteiger partial charge in [0.1, 0.15) is 17.8 Å². The molecule has 2 saturated carbocycles. The van der Waals surface area contributed by atoms with Crippen LogP contribution in [0, 0.1) is 17.8 Å². The highest BCUT2D eigenvalue weighted by Crippen LogP contribution is 2.51. The first-order valence-corrected chi connectivity index (χ1v) is 14.4. The Bertz CT molecular complexity index is 1340. The number of nitrogens with zero attached hydrogens (tertiary/aromatic N) is 3. The topological polar surface area (TPSA) is 108 Å². The van der Waals surface area contributed by atoms with Crippen LogP contribution in [0.5, 0.6) is 0 Å². The molecule has 2 aromatic rings. The molecule has 4 amide bonds. The molecule has 1 aromatic carbocycles. The maximum atomic E-state index is 13.8. The van der Waals surface area contributed by atoms with Gasteiger partial charge in [0.2, 0.25) is 5.91 Å². The van der Waals surface area contributed by atoms with E-state index in [2.05, 4.69) is 15.7 Å². The van der Waals surface area contributed by atoms with Gasteiger partial charge in [-0.2, -0.15) is 18.3 Å². The predicted octanol–water partition coefficient (Wildman–Crippen LogP) is 4.58. The number of amides is 4. The van der Waals surface area contributed by atoms with Crippen molar-refractivity contribution in [2.45, 2.75) is 82.7 Å². The number of anilines is 1. The van der Waals surface area contributed by atoms with E-state index in [9.17, 15) is 27.6 Å². The number of fused-ring (bicyclic) bond motifs is 1. The van der Waals surface area contributed by atoms with Gasteiger partial charge in [-0.25, -0.2) is 4.79 Å². The largest absolute Gasteiger partial charge is 0.410 e. The summed E-state index contributed by atoms with van der Waals surface area (Å²) in [4.78, 5) is 40.7. The Morgan fingerprint density at radius 1 is 1.07 bits per heavy atom. The van der Waals surface area contributed by atoms with Crippen molar-refractivity contribution in [3.8, 4) is 0 Å². The first-order valence-electron chi connectivity index (χ1n) is 14.4. The molecule has 220 valence electrons. The molecule has 6 rings (SSSR count). The lowest BCUT2D eigenvalue weighted by atomic mass is 9.88. The first-order chi connectivity index (χ1) is 19.5. The highest BCUT2D eigenvalue weighted by atomic mass is 19.4. The van der Waals surface area contributed by atoms with Crippen molar-refractivity contribution in [2.24, 2.45) is 17.8 Å². The zero-order chi connectivity index (χ0) is 29.1. The van der Waals surface area contributed by atoms with E-state index < -0.39 is 36.9 Å². The Kier molecular flexibility index (Phi) is 6.97. The van der Waals surface area contributed by atoms with Crippen molar-refractivity contribution in [1.82, 2.24) is 25.3 Å². The lowest BCUT2D eigenvalue weighted by molar-refractivity contribution is -0.150. The average molecular weight is 573 g/mol. The summed E-state index contributed by atoms with van der Waals surface area (Å²) in [6.45, 7) is 3.45. The molecule has 2 heterocycles. The summed E-state index contributed by atoms with van der Waals surface area (Å²) in [5.74, 6) is 0.256. The molecule has 3 atom stereocenters. The number of benzene rings is 1. The Balaban J connectivity index is 1.19. The maximum Gasteiger partial charge on any atom is 0.410 e. The number of alkyl halides is 3. The fourth-order valence-electron chi connectivity index (χ4n) is 6.58. The second-order valence-corrected chi connectivity index (χ2v) is 12.1. The number of halogens is 3. The van der Waals surface area contributed by atoms with E-state index in [4.69, 9.17) is 0 Å². The lowest BCUT2D eigenvalue weighted by Gasteiger charge is -2.28. The maximum absolute atomic E-state index is 13.8. The molecular weight excluding hydrogens is 537 g/mol. The standard InChI is InChI=1S/C29H35F3N6O3/c1-15(2)38-22(11-12-33-38)26(39)36-25(24(16-3-4-16)17-5-6-17)27(40)34-19-8-9-20-18(13-19)7-10-21(20)37-14-23(29(30,31)32)35-28(37)41/h8-9,11-13,15-17,21,23-25H,3-7,10,14H2,1-2H3,(H,34,40)(H,35,41)(H,36,39)/t21-,23-,25-/m0/s1. The smallest absolute Gasteiger partial charge is 0.339 e. The number of rotatable bonds is 9. The summed E-state index contributed by atoms with van der Waals surface area (Å²) in [6, 6.07) is 3.23. The van der Waals surface area contributed by atoms with Crippen molar-refractivity contribution in [3.05, 3.63) is 47.3 Å². The molecule has 12 heteroatoms. The van der Waals surface area contributed by atoms with Crippen molar-refractivity contribution in [2.75, 3.05) is 11.9 Å². The van der Waals surface area contributed by atoms with E-state index in [0.29, 0.717) is 36.1 Å². The van der Waals surface area contributed by atoms with Crippen LogP contribution in [0.15, 0.2) is 30.5 Å². The average Bonchev–Trinajstić information content (AvgIpc) is 3.79. The van der Waals surface area contributed by atoms with E-state index in [0.717, 1.165) is 36.8 Å². The van der Waals surface area contributed by atoms with Crippen molar-refractivity contribution >= 4 is 23.5 Å². The van der Waals surface area contributed by atoms with Gasteiger partial charge < -0.3 is 20.9 Å². The molecule has 0 bridgehead atoms. The van der Waals surface area contributed by atoms with Crippen LogP contribution in [0.2, 0.25) is 0 Å². The van der Waals surface area contributed by atoms with Gasteiger partial charge in [-0.05, 0) is 99.5 Å². The molecule has 0 spiro atoms. The number of urea groups is 1. The Morgan fingerprint density at radius 3 is 2.39 bits per heavy atom. The predicted molar refractivity (Wildman–Crippen MR) is 144 cm³/mol. The van der Waals surface area contributed by atoms with E-state index in [-0.39, 0.29) is 23.8 Å². The number of carbonyl (C=O) groups excluding carboxylic acids is 3. The molecule has 1 aliphatic heterocycles. The molecule has 41 heavy (non-hydrogen) atoms.